The first kappa shape index (κ1) is 12.8. The summed E-state index contributed by atoms with van der Waals surface area (Å²) in [6, 6.07) is 4.15. The number of hydrogen-bond donors (Lipinski definition) is 1. The van der Waals surface area contributed by atoms with Gasteiger partial charge in [-0.05, 0) is 56.8 Å². The molecule has 1 saturated heterocycles. The summed E-state index contributed by atoms with van der Waals surface area (Å²) in [7, 11) is 0. The Hall–Kier alpha value is -0.930. The molecule has 3 nitrogen and oxygen atoms in total. The Morgan fingerprint density at radius 2 is 1.95 bits per heavy atom. The monoisotopic (exact) mass is 293 g/mol. The summed E-state index contributed by atoms with van der Waals surface area (Å²) in [5, 5.41) is 4.24. The first-order valence-corrected chi connectivity index (χ1v) is 7.83. The molecule has 2 heterocycles. The fourth-order valence-electron chi connectivity index (χ4n) is 3.24. The molecule has 4 rings (SSSR count). The SMILES string of the molecule is CC1(c2cc(Cl)c3c(c2)OCC2(CC2)CO3)CCCN1. The molecule has 1 atom stereocenters. The van der Waals surface area contributed by atoms with Crippen molar-refractivity contribution in [3.05, 3.63) is 22.7 Å². The topological polar surface area (TPSA) is 30.5 Å². The Morgan fingerprint density at radius 3 is 2.65 bits per heavy atom. The Bertz CT molecular complexity index is 548. The van der Waals surface area contributed by atoms with Crippen LogP contribution < -0.4 is 14.8 Å². The molecule has 2 fully saturated rings. The molecule has 1 saturated carbocycles. The highest BCUT2D eigenvalue weighted by Crippen LogP contribution is 2.51. The van der Waals surface area contributed by atoms with Gasteiger partial charge >= 0.3 is 0 Å². The van der Waals surface area contributed by atoms with Gasteiger partial charge < -0.3 is 14.8 Å². The van der Waals surface area contributed by atoms with Crippen LogP contribution in [0, 0.1) is 5.41 Å². The van der Waals surface area contributed by atoms with Crippen LogP contribution in [-0.4, -0.2) is 19.8 Å². The number of ether oxygens (including phenoxy) is 2. The highest BCUT2D eigenvalue weighted by atomic mass is 35.5. The second kappa shape index (κ2) is 4.28. The van der Waals surface area contributed by atoms with E-state index in [0.29, 0.717) is 5.02 Å². The van der Waals surface area contributed by atoms with Gasteiger partial charge in [0, 0.05) is 11.0 Å². The van der Waals surface area contributed by atoms with E-state index < -0.39 is 0 Å². The number of hydrogen-bond acceptors (Lipinski definition) is 3. The van der Waals surface area contributed by atoms with Gasteiger partial charge in [-0.1, -0.05) is 11.6 Å². The summed E-state index contributed by atoms with van der Waals surface area (Å²) < 4.78 is 11.9. The lowest BCUT2D eigenvalue weighted by Crippen LogP contribution is -2.33. The second-order valence-corrected chi connectivity index (χ2v) is 7.13. The van der Waals surface area contributed by atoms with E-state index in [-0.39, 0.29) is 11.0 Å². The van der Waals surface area contributed by atoms with Crippen molar-refractivity contribution < 1.29 is 9.47 Å². The molecule has 1 unspecified atom stereocenters. The molecule has 1 N–H and O–H groups in total. The van der Waals surface area contributed by atoms with Crippen LogP contribution in [0.4, 0.5) is 0 Å². The predicted octanol–water partition coefficient (Wildman–Crippen LogP) is 3.49. The molecule has 3 aliphatic rings. The molecular weight excluding hydrogens is 274 g/mol. The molecule has 0 bridgehead atoms. The van der Waals surface area contributed by atoms with Crippen molar-refractivity contribution in [3.8, 4) is 11.5 Å². The Labute approximate surface area is 124 Å². The third-order valence-corrected chi connectivity index (χ3v) is 5.31. The van der Waals surface area contributed by atoms with Crippen molar-refractivity contribution in [1.29, 1.82) is 0 Å². The van der Waals surface area contributed by atoms with Gasteiger partial charge in [-0.2, -0.15) is 0 Å². The molecule has 0 aromatic heterocycles. The number of rotatable bonds is 1. The molecule has 1 aromatic rings. The highest BCUT2D eigenvalue weighted by Gasteiger charge is 2.46. The van der Waals surface area contributed by atoms with Gasteiger partial charge in [0.2, 0.25) is 0 Å². The molecule has 1 aliphatic carbocycles. The minimum Gasteiger partial charge on any atom is -0.489 e. The molecular formula is C16H20ClNO2. The molecule has 4 heteroatoms. The normalized spacial score (nSPS) is 30.3. The largest absolute Gasteiger partial charge is 0.489 e. The van der Waals surface area contributed by atoms with Crippen LogP contribution in [0.3, 0.4) is 0 Å². The molecule has 1 aromatic carbocycles. The van der Waals surface area contributed by atoms with Gasteiger partial charge in [0.25, 0.3) is 0 Å². The predicted molar refractivity (Wildman–Crippen MR) is 78.7 cm³/mol. The van der Waals surface area contributed by atoms with E-state index >= 15 is 0 Å². The third-order valence-electron chi connectivity index (χ3n) is 5.03. The summed E-state index contributed by atoms with van der Waals surface area (Å²) in [6.45, 7) is 4.78. The molecule has 2 aliphatic heterocycles. The van der Waals surface area contributed by atoms with Crippen LogP contribution in [0.5, 0.6) is 11.5 Å². The minimum absolute atomic E-state index is 0.00556. The standard InChI is InChI=1S/C16H20ClNO2/c1-15(3-2-6-18-15)11-7-12(17)14-13(8-11)19-9-16(4-5-16)10-20-14/h7-8,18H,2-6,9-10H2,1H3. The van der Waals surface area contributed by atoms with E-state index in [0.717, 1.165) is 37.7 Å². The van der Waals surface area contributed by atoms with Gasteiger partial charge in [0.1, 0.15) is 0 Å². The fraction of sp³-hybridized carbons (Fsp3) is 0.625. The Kier molecular flexibility index (Phi) is 2.74. The minimum atomic E-state index is 0.00556. The lowest BCUT2D eigenvalue weighted by atomic mass is 9.90. The molecule has 108 valence electrons. The van der Waals surface area contributed by atoms with Crippen molar-refractivity contribution in [2.24, 2.45) is 5.41 Å². The average molecular weight is 294 g/mol. The van der Waals surface area contributed by atoms with Gasteiger partial charge in [-0.15, -0.1) is 0 Å². The molecule has 1 spiro atoms. The zero-order valence-electron chi connectivity index (χ0n) is 11.8. The average Bonchev–Trinajstić information content (AvgIpc) is 3.12. The van der Waals surface area contributed by atoms with Crippen molar-refractivity contribution in [2.75, 3.05) is 19.8 Å². The van der Waals surface area contributed by atoms with Gasteiger partial charge in [-0.3, -0.25) is 0 Å². The van der Waals surface area contributed by atoms with E-state index in [9.17, 15) is 0 Å². The lowest BCUT2D eigenvalue weighted by molar-refractivity contribution is 0.197. The highest BCUT2D eigenvalue weighted by molar-refractivity contribution is 6.32. The van der Waals surface area contributed by atoms with Crippen molar-refractivity contribution in [3.63, 3.8) is 0 Å². The summed E-state index contributed by atoms with van der Waals surface area (Å²) in [5.74, 6) is 1.53. The van der Waals surface area contributed by atoms with Crippen LogP contribution >= 0.6 is 11.6 Å². The third kappa shape index (κ3) is 1.99. The Balaban J connectivity index is 1.71. The van der Waals surface area contributed by atoms with Crippen molar-refractivity contribution in [1.82, 2.24) is 5.32 Å². The van der Waals surface area contributed by atoms with E-state index in [2.05, 4.69) is 18.3 Å². The Morgan fingerprint density at radius 1 is 1.15 bits per heavy atom. The summed E-state index contributed by atoms with van der Waals surface area (Å²) >= 11 is 6.44. The maximum absolute atomic E-state index is 6.44. The molecule has 0 radical (unpaired) electrons. The smallest absolute Gasteiger partial charge is 0.179 e. The maximum Gasteiger partial charge on any atom is 0.179 e. The van der Waals surface area contributed by atoms with Crippen LogP contribution in [-0.2, 0) is 5.54 Å². The lowest BCUT2D eigenvalue weighted by Gasteiger charge is -2.26. The van der Waals surface area contributed by atoms with E-state index in [1.54, 1.807) is 0 Å². The number of halogens is 1. The zero-order valence-corrected chi connectivity index (χ0v) is 12.6. The molecule has 20 heavy (non-hydrogen) atoms. The summed E-state index contributed by atoms with van der Waals surface area (Å²) in [6.07, 6.45) is 4.73. The van der Waals surface area contributed by atoms with Crippen molar-refractivity contribution >= 4 is 11.6 Å². The number of nitrogens with one attached hydrogen (secondary N) is 1. The molecule has 0 amide bonds. The maximum atomic E-state index is 6.44. The fourth-order valence-corrected chi connectivity index (χ4v) is 3.50. The second-order valence-electron chi connectivity index (χ2n) is 6.73. The van der Waals surface area contributed by atoms with E-state index in [1.807, 2.05) is 6.07 Å². The quantitative estimate of drug-likeness (QED) is 0.860. The van der Waals surface area contributed by atoms with E-state index in [4.69, 9.17) is 21.1 Å². The van der Waals surface area contributed by atoms with E-state index in [1.165, 1.54) is 24.8 Å². The van der Waals surface area contributed by atoms with Crippen LogP contribution in [0.2, 0.25) is 5.02 Å². The van der Waals surface area contributed by atoms with Crippen LogP contribution in [0.25, 0.3) is 0 Å². The number of fused-ring (bicyclic) bond motifs is 1. The summed E-state index contributed by atoms with van der Waals surface area (Å²) in [4.78, 5) is 0. The van der Waals surface area contributed by atoms with Gasteiger partial charge in [-0.25, -0.2) is 0 Å². The van der Waals surface area contributed by atoms with Gasteiger partial charge in [0.15, 0.2) is 11.5 Å². The van der Waals surface area contributed by atoms with Gasteiger partial charge in [0.05, 0.1) is 18.2 Å². The van der Waals surface area contributed by atoms with Crippen molar-refractivity contribution in [2.45, 2.75) is 38.1 Å². The first-order valence-electron chi connectivity index (χ1n) is 7.45. The van der Waals surface area contributed by atoms with Crippen LogP contribution in [0.15, 0.2) is 12.1 Å². The zero-order chi connectivity index (χ0) is 13.8. The van der Waals surface area contributed by atoms with Crippen LogP contribution in [0.1, 0.15) is 38.2 Å². The first-order chi connectivity index (χ1) is 9.60. The summed E-state index contributed by atoms with van der Waals surface area (Å²) in [5.41, 5.74) is 1.46. The number of benzene rings is 1.